The molecular weight excluding hydrogens is 438 g/mol. The lowest BCUT2D eigenvalue weighted by Crippen LogP contribution is -2.22. The molecule has 138 valence electrons. The Kier molecular flexibility index (Phi) is 5.47. The average molecular weight is 450 g/mol. The van der Waals surface area contributed by atoms with Crippen LogP contribution in [-0.2, 0) is 16.1 Å². The van der Waals surface area contributed by atoms with Crippen LogP contribution in [0.2, 0.25) is 0 Å². The summed E-state index contributed by atoms with van der Waals surface area (Å²) in [6, 6.07) is 11.1. The Bertz CT molecular complexity index is 1140. The highest BCUT2D eigenvalue weighted by atomic mass is 79.9. The van der Waals surface area contributed by atoms with E-state index in [9.17, 15) is 19.7 Å². The van der Waals surface area contributed by atoms with E-state index in [1.165, 1.54) is 29.9 Å². The quantitative estimate of drug-likeness (QED) is 0.345. The number of nitro groups is 1. The Labute approximate surface area is 165 Å². The van der Waals surface area contributed by atoms with Crippen LogP contribution < -0.4 is 4.80 Å². The summed E-state index contributed by atoms with van der Waals surface area (Å²) in [5.74, 6) is -1.02. The monoisotopic (exact) mass is 449 g/mol. The van der Waals surface area contributed by atoms with Gasteiger partial charge >= 0.3 is 5.97 Å². The van der Waals surface area contributed by atoms with Crippen LogP contribution in [0.3, 0.4) is 0 Å². The zero-order chi connectivity index (χ0) is 19.6. The molecule has 1 amide bonds. The summed E-state index contributed by atoms with van der Waals surface area (Å²) >= 11 is 4.39. The standard InChI is InChI=1S/C17H12BrN3O5S/c1-26-15(22)9-20-13-7-6-10(21(24)25)8-14(13)27-17(20)19-16(23)11-4-2-3-5-12(11)18/h2-8H,9H2,1H3. The predicted octanol–water partition coefficient (Wildman–Crippen LogP) is 3.29. The highest BCUT2D eigenvalue weighted by molar-refractivity contribution is 9.10. The number of esters is 1. The molecule has 0 aliphatic heterocycles. The summed E-state index contributed by atoms with van der Waals surface area (Å²) in [5.41, 5.74) is 0.831. The van der Waals surface area contributed by atoms with Crippen LogP contribution in [0.5, 0.6) is 0 Å². The number of benzene rings is 2. The normalized spacial score (nSPS) is 11.6. The number of methoxy groups -OCH3 is 1. The number of rotatable bonds is 4. The number of nitro benzene ring substituents is 1. The highest BCUT2D eigenvalue weighted by Crippen LogP contribution is 2.24. The van der Waals surface area contributed by atoms with Gasteiger partial charge in [-0.1, -0.05) is 23.5 Å². The van der Waals surface area contributed by atoms with Crippen molar-refractivity contribution in [3.8, 4) is 0 Å². The topological polar surface area (TPSA) is 104 Å². The highest BCUT2D eigenvalue weighted by Gasteiger charge is 2.16. The summed E-state index contributed by atoms with van der Waals surface area (Å²) < 4.78 is 7.33. The van der Waals surface area contributed by atoms with E-state index < -0.39 is 16.8 Å². The molecule has 0 radical (unpaired) electrons. The molecule has 0 N–H and O–H groups in total. The largest absolute Gasteiger partial charge is 0.468 e. The fourth-order valence-corrected chi connectivity index (χ4v) is 3.90. The first-order valence-electron chi connectivity index (χ1n) is 7.59. The van der Waals surface area contributed by atoms with Crippen LogP contribution in [0.15, 0.2) is 51.9 Å². The minimum absolute atomic E-state index is 0.0855. The number of hydrogen-bond acceptors (Lipinski definition) is 6. The Morgan fingerprint density at radius 1 is 1.30 bits per heavy atom. The number of halogens is 1. The summed E-state index contributed by atoms with van der Waals surface area (Å²) in [6.07, 6.45) is 0. The van der Waals surface area contributed by atoms with Crippen molar-refractivity contribution in [3.63, 3.8) is 0 Å². The molecule has 0 fully saturated rings. The second-order valence-corrected chi connectivity index (χ2v) is 7.22. The van der Waals surface area contributed by atoms with Gasteiger partial charge in [0, 0.05) is 16.6 Å². The molecule has 1 heterocycles. The maximum atomic E-state index is 12.6. The van der Waals surface area contributed by atoms with Crippen LogP contribution in [0.4, 0.5) is 5.69 Å². The van der Waals surface area contributed by atoms with E-state index in [0.717, 1.165) is 11.3 Å². The molecule has 27 heavy (non-hydrogen) atoms. The number of non-ortho nitro benzene ring substituents is 1. The lowest BCUT2D eigenvalue weighted by molar-refractivity contribution is -0.384. The van der Waals surface area contributed by atoms with Crippen molar-refractivity contribution >= 4 is 55.0 Å². The van der Waals surface area contributed by atoms with Gasteiger partial charge in [0.2, 0.25) is 0 Å². The molecule has 0 aliphatic carbocycles. The zero-order valence-electron chi connectivity index (χ0n) is 13.9. The number of amides is 1. The number of hydrogen-bond donors (Lipinski definition) is 0. The van der Waals surface area contributed by atoms with Crippen molar-refractivity contribution in [3.05, 3.63) is 67.4 Å². The fourth-order valence-electron chi connectivity index (χ4n) is 2.39. The molecule has 0 atom stereocenters. The van der Waals surface area contributed by atoms with Gasteiger partial charge in [-0.3, -0.25) is 19.7 Å². The maximum absolute atomic E-state index is 12.6. The molecule has 0 saturated carbocycles. The first-order chi connectivity index (χ1) is 12.9. The molecule has 0 saturated heterocycles. The Morgan fingerprint density at radius 2 is 2.04 bits per heavy atom. The zero-order valence-corrected chi connectivity index (χ0v) is 16.3. The van der Waals surface area contributed by atoms with Crippen molar-refractivity contribution in [2.24, 2.45) is 4.99 Å². The van der Waals surface area contributed by atoms with Gasteiger partial charge in [-0.15, -0.1) is 0 Å². The van der Waals surface area contributed by atoms with Gasteiger partial charge in [-0.25, -0.2) is 0 Å². The van der Waals surface area contributed by atoms with Crippen molar-refractivity contribution < 1.29 is 19.2 Å². The molecule has 0 bridgehead atoms. The van der Waals surface area contributed by atoms with Crippen LogP contribution in [-0.4, -0.2) is 28.5 Å². The molecule has 0 aliphatic rings. The van der Waals surface area contributed by atoms with E-state index in [4.69, 9.17) is 4.74 Å². The van der Waals surface area contributed by atoms with Crippen molar-refractivity contribution in [2.75, 3.05) is 7.11 Å². The smallest absolute Gasteiger partial charge is 0.325 e. The van der Waals surface area contributed by atoms with Gasteiger partial charge in [-0.2, -0.15) is 4.99 Å². The molecule has 0 spiro atoms. The molecule has 2 aromatic carbocycles. The number of ether oxygens (including phenoxy) is 1. The fraction of sp³-hybridized carbons (Fsp3) is 0.118. The molecule has 0 unspecified atom stereocenters. The van der Waals surface area contributed by atoms with Gasteiger partial charge < -0.3 is 9.30 Å². The molecule has 3 aromatic rings. The SMILES string of the molecule is COC(=O)Cn1c(=NC(=O)c2ccccc2Br)sc2cc([N+](=O)[O-])ccc21. The number of nitrogens with zero attached hydrogens (tertiary/aromatic N) is 3. The summed E-state index contributed by atoms with van der Waals surface area (Å²) in [7, 11) is 1.26. The van der Waals surface area contributed by atoms with Gasteiger partial charge in [0.15, 0.2) is 4.80 Å². The molecule has 8 nitrogen and oxygen atoms in total. The number of fused-ring (bicyclic) bond motifs is 1. The number of aromatic nitrogens is 1. The lowest BCUT2D eigenvalue weighted by atomic mass is 10.2. The second kappa shape index (κ2) is 7.80. The van der Waals surface area contributed by atoms with Crippen LogP contribution in [0.1, 0.15) is 10.4 Å². The van der Waals surface area contributed by atoms with Gasteiger partial charge in [0.25, 0.3) is 11.6 Å². The van der Waals surface area contributed by atoms with Crippen molar-refractivity contribution in [1.82, 2.24) is 4.57 Å². The number of thiazole rings is 1. The summed E-state index contributed by atoms with van der Waals surface area (Å²) in [4.78, 5) is 39.2. The molecule has 3 rings (SSSR count). The maximum Gasteiger partial charge on any atom is 0.325 e. The van der Waals surface area contributed by atoms with E-state index in [2.05, 4.69) is 20.9 Å². The summed E-state index contributed by atoms with van der Waals surface area (Å²) in [5, 5.41) is 11.0. The Hall–Kier alpha value is -2.85. The Balaban J connectivity index is 2.19. The van der Waals surface area contributed by atoms with Crippen molar-refractivity contribution in [1.29, 1.82) is 0 Å². The number of carbonyl (C=O) groups is 2. The number of carbonyl (C=O) groups excluding carboxylic acids is 2. The third kappa shape index (κ3) is 3.96. The Morgan fingerprint density at radius 3 is 2.70 bits per heavy atom. The second-order valence-electron chi connectivity index (χ2n) is 5.35. The minimum Gasteiger partial charge on any atom is -0.468 e. The molecular formula is C17H12BrN3O5S. The van der Waals surface area contributed by atoms with Crippen molar-refractivity contribution in [2.45, 2.75) is 6.54 Å². The van der Waals surface area contributed by atoms with E-state index in [-0.39, 0.29) is 17.0 Å². The van der Waals surface area contributed by atoms with Gasteiger partial charge in [0.1, 0.15) is 6.54 Å². The van der Waals surface area contributed by atoms with Crippen LogP contribution in [0.25, 0.3) is 10.2 Å². The van der Waals surface area contributed by atoms with Crippen LogP contribution >= 0.6 is 27.3 Å². The third-order valence-corrected chi connectivity index (χ3v) is 5.43. The predicted molar refractivity (Wildman–Crippen MR) is 103 cm³/mol. The minimum atomic E-state index is -0.525. The third-order valence-electron chi connectivity index (χ3n) is 3.69. The molecule has 1 aromatic heterocycles. The van der Waals surface area contributed by atoms with Gasteiger partial charge in [-0.05, 0) is 34.1 Å². The van der Waals surface area contributed by atoms with E-state index in [1.807, 2.05) is 0 Å². The molecule has 10 heteroatoms. The van der Waals surface area contributed by atoms with Crippen LogP contribution in [0, 0.1) is 10.1 Å². The van der Waals surface area contributed by atoms with E-state index in [0.29, 0.717) is 20.3 Å². The lowest BCUT2D eigenvalue weighted by Gasteiger charge is -2.03. The first kappa shape index (κ1) is 18.9. The summed E-state index contributed by atoms with van der Waals surface area (Å²) in [6.45, 7) is -0.170. The van der Waals surface area contributed by atoms with E-state index in [1.54, 1.807) is 24.3 Å². The van der Waals surface area contributed by atoms with E-state index >= 15 is 0 Å². The first-order valence-corrected chi connectivity index (χ1v) is 9.20. The van der Waals surface area contributed by atoms with Gasteiger partial charge in [0.05, 0.1) is 27.8 Å². The average Bonchev–Trinajstić information content (AvgIpc) is 2.98.